The van der Waals surface area contributed by atoms with E-state index in [-0.39, 0.29) is 48.7 Å². The summed E-state index contributed by atoms with van der Waals surface area (Å²) in [5, 5.41) is 12.1. The number of carbonyl (C=O) groups is 2. The van der Waals surface area contributed by atoms with Gasteiger partial charge >= 0.3 is 6.18 Å². The Morgan fingerprint density at radius 1 is 1.15 bits per heavy atom. The van der Waals surface area contributed by atoms with E-state index in [1.807, 2.05) is 25.1 Å². The molecule has 0 aliphatic carbocycles. The van der Waals surface area contributed by atoms with E-state index in [1.165, 1.54) is 6.07 Å². The van der Waals surface area contributed by atoms with Gasteiger partial charge in [-0.15, -0.1) is 13.2 Å². The molecule has 0 saturated carbocycles. The third-order valence-corrected chi connectivity index (χ3v) is 9.38. The number of aliphatic imine (C=N–C) groups is 1. The molecule has 4 rings (SSSR count). The number of rotatable bonds is 17. The second kappa shape index (κ2) is 17.1. The van der Waals surface area contributed by atoms with Gasteiger partial charge in [0.15, 0.2) is 0 Å². The van der Waals surface area contributed by atoms with E-state index in [4.69, 9.17) is 9.47 Å². The van der Waals surface area contributed by atoms with Crippen LogP contribution in [0.5, 0.6) is 5.75 Å². The highest BCUT2D eigenvalue weighted by molar-refractivity contribution is 7.97. The van der Waals surface area contributed by atoms with Crippen LogP contribution in [0.1, 0.15) is 51.9 Å². The van der Waals surface area contributed by atoms with Crippen LogP contribution in [-0.4, -0.2) is 95.9 Å². The summed E-state index contributed by atoms with van der Waals surface area (Å²) in [6.07, 6.45) is 0.808. The van der Waals surface area contributed by atoms with Crippen LogP contribution in [-0.2, 0) is 22.1 Å². The number of amides is 2. The number of piperidine rings is 1. The Hall–Kier alpha value is -3.65. The summed E-state index contributed by atoms with van der Waals surface area (Å²) in [5.41, 5.74) is 0.933. The zero-order chi connectivity index (χ0) is 34.7. The van der Waals surface area contributed by atoms with E-state index in [0.29, 0.717) is 57.7 Å². The maximum atomic E-state index is 13.6. The van der Waals surface area contributed by atoms with Crippen molar-refractivity contribution in [3.05, 3.63) is 89.5 Å². The lowest BCUT2D eigenvalue weighted by atomic mass is 9.89. The van der Waals surface area contributed by atoms with E-state index >= 15 is 0 Å². The number of hydrogen-bond acceptors (Lipinski definition) is 8. The topological polar surface area (TPSA) is 104 Å². The Balaban J connectivity index is 1.32. The number of benzene rings is 2. The van der Waals surface area contributed by atoms with Crippen molar-refractivity contribution >= 4 is 29.6 Å². The zero-order valence-electron chi connectivity index (χ0n) is 27.2. The van der Waals surface area contributed by atoms with Crippen LogP contribution in [0.25, 0.3) is 0 Å². The molecule has 2 aromatic carbocycles. The maximum absolute atomic E-state index is 13.6. The van der Waals surface area contributed by atoms with Crippen LogP contribution < -0.4 is 10.1 Å². The molecule has 0 radical (unpaired) electrons. The molecule has 1 saturated heterocycles. The lowest BCUT2D eigenvalue weighted by molar-refractivity contribution is -0.137. The molecule has 9 nitrogen and oxygen atoms in total. The molecule has 2 heterocycles. The van der Waals surface area contributed by atoms with Gasteiger partial charge in [-0.3, -0.25) is 18.9 Å². The Kier molecular flexibility index (Phi) is 13.3. The van der Waals surface area contributed by atoms with Gasteiger partial charge in [-0.2, -0.15) is 13.2 Å². The number of aryl methyl sites for hydroxylation is 2. The van der Waals surface area contributed by atoms with E-state index in [1.54, 1.807) is 29.0 Å². The molecule has 2 N–H and O–H groups in total. The Morgan fingerprint density at radius 3 is 2.58 bits per heavy atom. The molecule has 1 spiro atoms. The average molecular weight is 689 g/mol. The number of carbonyl (C=O) groups excluding carboxylic acids is 2. The Bertz CT molecular complexity index is 1490. The Labute approximate surface area is 284 Å². The van der Waals surface area contributed by atoms with E-state index in [9.17, 15) is 27.9 Å². The molecule has 2 aliphatic rings. The smallest absolute Gasteiger partial charge is 0.416 e. The normalized spacial score (nSPS) is 16.0. The van der Waals surface area contributed by atoms with Crippen molar-refractivity contribution in [2.45, 2.75) is 44.3 Å². The number of ether oxygens (including phenoxy) is 2. The monoisotopic (exact) mass is 688 g/mol. The summed E-state index contributed by atoms with van der Waals surface area (Å²) in [5.74, 6) is 0.498. The summed E-state index contributed by atoms with van der Waals surface area (Å²) in [6.45, 7) is 11.7. The summed E-state index contributed by atoms with van der Waals surface area (Å²) in [4.78, 5) is 32.4. The molecule has 2 aliphatic heterocycles. The van der Waals surface area contributed by atoms with E-state index < -0.39 is 17.3 Å². The first-order chi connectivity index (χ1) is 23.0. The van der Waals surface area contributed by atoms with Gasteiger partial charge < -0.3 is 24.8 Å². The molecule has 1 fully saturated rings. The van der Waals surface area contributed by atoms with E-state index in [0.717, 1.165) is 35.4 Å². The summed E-state index contributed by atoms with van der Waals surface area (Å²) < 4.78 is 54.1. The third-order valence-electron chi connectivity index (χ3n) is 8.26. The summed E-state index contributed by atoms with van der Waals surface area (Å²) in [7, 11) is 0. The highest BCUT2D eigenvalue weighted by atomic mass is 32.2. The fourth-order valence-corrected chi connectivity index (χ4v) is 6.58. The fraction of sp³-hybridized carbons (Fsp3) is 0.457. The zero-order valence-corrected chi connectivity index (χ0v) is 28.0. The summed E-state index contributed by atoms with van der Waals surface area (Å²) >= 11 is 1.67. The van der Waals surface area contributed by atoms with Crippen molar-refractivity contribution in [1.82, 2.24) is 14.5 Å². The average Bonchev–Trinajstić information content (AvgIpc) is 3.38. The number of halogens is 3. The van der Waals surface area contributed by atoms with Crippen molar-refractivity contribution in [2.75, 3.05) is 58.4 Å². The molecule has 2 aromatic rings. The van der Waals surface area contributed by atoms with Crippen molar-refractivity contribution in [1.29, 1.82) is 0 Å². The van der Waals surface area contributed by atoms with Crippen molar-refractivity contribution in [3.63, 3.8) is 0 Å². The largest absolute Gasteiger partial charge is 0.493 e. The predicted octanol–water partition coefficient (Wildman–Crippen LogP) is 5.21. The van der Waals surface area contributed by atoms with Crippen LogP contribution in [0.4, 0.5) is 13.2 Å². The first kappa shape index (κ1) is 37.2. The number of nitrogens with zero attached hydrogens (tertiary/aromatic N) is 3. The van der Waals surface area contributed by atoms with Gasteiger partial charge in [0, 0.05) is 43.1 Å². The molecule has 0 aromatic heterocycles. The number of amidine groups is 1. The minimum Gasteiger partial charge on any atom is -0.493 e. The molecular formula is C35H43F3N4O5S. The number of aliphatic hydroxyl groups excluding tert-OH is 1. The van der Waals surface area contributed by atoms with Crippen LogP contribution in [0.15, 0.2) is 66.7 Å². The van der Waals surface area contributed by atoms with Gasteiger partial charge in [0.05, 0.1) is 32.0 Å². The lowest BCUT2D eigenvalue weighted by Crippen LogP contribution is -2.47. The number of nitrogens with one attached hydrogen (secondary N) is 1. The van der Waals surface area contributed by atoms with Crippen LogP contribution in [0, 0.1) is 6.92 Å². The number of hydrogen-bond donors (Lipinski definition) is 2. The molecule has 0 unspecified atom stereocenters. The number of aliphatic hydroxyl groups is 1. The lowest BCUT2D eigenvalue weighted by Gasteiger charge is -2.34. The van der Waals surface area contributed by atoms with Gasteiger partial charge in [-0.25, -0.2) is 0 Å². The Morgan fingerprint density at radius 2 is 1.92 bits per heavy atom. The minimum absolute atomic E-state index is 0.0518. The second-order valence-electron chi connectivity index (χ2n) is 11.6. The summed E-state index contributed by atoms with van der Waals surface area (Å²) in [6, 6.07) is 9.04. The van der Waals surface area contributed by atoms with Gasteiger partial charge in [-0.1, -0.05) is 30.2 Å². The third kappa shape index (κ3) is 9.71. The van der Waals surface area contributed by atoms with Gasteiger partial charge in [-0.05, 0) is 74.1 Å². The van der Waals surface area contributed by atoms with Gasteiger partial charge in [0.25, 0.3) is 11.8 Å². The fourth-order valence-electron chi connectivity index (χ4n) is 5.57. The van der Waals surface area contributed by atoms with Crippen molar-refractivity contribution in [2.24, 2.45) is 4.99 Å². The van der Waals surface area contributed by atoms with Crippen LogP contribution in [0.3, 0.4) is 0 Å². The van der Waals surface area contributed by atoms with Crippen molar-refractivity contribution < 1.29 is 37.3 Å². The second-order valence-corrected chi connectivity index (χ2v) is 12.8. The van der Waals surface area contributed by atoms with Crippen LogP contribution in [0.2, 0.25) is 0 Å². The molecular weight excluding hydrogens is 645 g/mol. The quantitative estimate of drug-likeness (QED) is 0.134. The standard InChI is InChI=1S/C35H43F3N4O5S/c1-4-6-18-47-30-23-28(22-29(24-30)35(36,37)38)31-39-33(45)34(40-31)10-12-42(13-11-34)48-20-9-26-7-8-27(21-25(26)3)32(44)41(14-16-43)15-19-46-17-5-2/h4-5,7-8,21-24,43H,1-2,6,9-20H2,3H3,(H,39,40,45). The van der Waals surface area contributed by atoms with Crippen LogP contribution >= 0.6 is 11.9 Å². The molecule has 0 atom stereocenters. The first-order valence-corrected chi connectivity index (χ1v) is 16.9. The predicted molar refractivity (Wildman–Crippen MR) is 181 cm³/mol. The van der Waals surface area contributed by atoms with E-state index in [2.05, 4.69) is 27.8 Å². The molecule has 13 heteroatoms. The first-order valence-electron chi connectivity index (χ1n) is 15.9. The molecule has 260 valence electrons. The highest BCUT2D eigenvalue weighted by Gasteiger charge is 2.46. The molecule has 2 amide bonds. The molecule has 48 heavy (non-hydrogen) atoms. The number of alkyl halides is 3. The van der Waals surface area contributed by atoms with Crippen molar-refractivity contribution in [3.8, 4) is 5.75 Å². The highest BCUT2D eigenvalue weighted by Crippen LogP contribution is 2.36. The minimum atomic E-state index is -4.59. The van der Waals surface area contributed by atoms with Gasteiger partial charge in [0.1, 0.15) is 17.1 Å². The maximum Gasteiger partial charge on any atom is 0.416 e. The SMILES string of the molecule is C=CCCOc1cc(C2=NC3(CCN(SCCc4ccc(C(=O)N(CCO)CCOCC=C)cc4C)CC3)C(=O)N2)cc(C(F)(F)F)c1. The molecule has 0 bridgehead atoms. The van der Waals surface area contributed by atoms with Gasteiger partial charge in [0.2, 0.25) is 0 Å².